The van der Waals surface area contributed by atoms with Gasteiger partial charge >= 0.3 is 6.61 Å². The van der Waals surface area contributed by atoms with Crippen molar-refractivity contribution >= 4 is 0 Å². The summed E-state index contributed by atoms with van der Waals surface area (Å²) in [4.78, 5) is 0. The van der Waals surface area contributed by atoms with E-state index in [2.05, 4.69) is 16.6 Å². The van der Waals surface area contributed by atoms with Crippen molar-refractivity contribution in [3.05, 3.63) is 42.0 Å². The van der Waals surface area contributed by atoms with Gasteiger partial charge in [-0.25, -0.2) is 0 Å². The quantitative estimate of drug-likeness (QED) is 0.556. The lowest BCUT2D eigenvalue weighted by molar-refractivity contribution is -0.0506. The Morgan fingerprint density at radius 1 is 1.35 bits per heavy atom. The number of hydrogen-bond acceptors (Lipinski definition) is 3. The lowest BCUT2D eigenvalue weighted by atomic mass is 10.1. The number of nitrogens with one attached hydrogen (secondary N) is 1. The molecule has 20 heavy (non-hydrogen) atoms. The molecule has 112 valence electrons. The second-order valence-corrected chi connectivity index (χ2v) is 4.60. The Morgan fingerprint density at radius 2 is 2.05 bits per heavy atom. The molecule has 5 heteroatoms. The average Bonchev–Trinajstić information content (AvgIpc) is 2.37. The lowest BCUT2D eigenvalue weighted by Gasteiger charge is -2.18. The maximum Gasteiger partial charge on any atom is 0.387 e. The van der Waals surface area contributed by atoms with Crippen molar-refractivity contribution in [1.82, 2.24) is 5.32 Å². The fourth-order valence-electron chi connectivity index (χ4n) is 1.75. The molecule has 1 N–H and O–H groups in total. The van der Waals surface area contributed by atoms with E-state index < -0.39 is 6.61 Å². The normalized spacial score (nSPS) is 12.4. The number of halogens is 2. The molecule has 1 atom stereocenters. The molecule has 3 nitrogen and oxygen atoms in total. The second kappa shape index (κ2) is 8.66. The zero-order valence-corrected chi connectivity index (χ0v) is 11.9. The van der Waals surface area contributed by atoms with Gasteiger partial charge in [0.15, 0.2) is 0 Å². The molecular formula is C15H21F2NO2. The molecule has 1 rings (SSSR count). The maximum atomic E-state index is 12.3. The highest BCUT2D eigenvalue weighted by atomic mass is 19.3. The predicted molar refractivity (Wildman–Crippen MR) is 75.1 cm³/mol. The van der Waals surface area contributed by atoms with Gasteiger partial charge in [-0.1, -0.05) is 30.4 Å². The Bertz CT molecular complexity index is 424. The van der Waals surface area contributed by atoms with E-state index in [4.69, 9.17) is 4.74 Å². The van der Waals surface area contributed by atoms with E-state index in [9.17, 15) is 8.78 Å². The van der Waals surface area contributed by atoms with Crippen molar-refractivity contribution in [2.24, 2.45) is 0 Å². The van der Waals surface area contributed by atoms with Gasteiger partial charge in [0.25, 0.3) is 0 Å². The summed E-state index contributed by atoms with van der Waals surface area (Å²) in [6, 6.07) is 6.67. The number of ether oxygens (including phenoxy) is 2. The number of benzene rings is 1. The molecule has 0 saturated heterocycles. The highest BCUT2D eigenvalue weighted by Gasteiger charge is 2.13. The third kappa shape index (κ3) is 6.12. The van der Waals surface area contributed by atoms with Gasteiger partial charge in [-0.3, -0.25) is 0 Å². The van der Waals surface area contributed by atoms with Crippen LogP contribution in [0.1, 0.15) is 25.5 Å². The van der Waals surface area contributed by atoms with Gasteiger partial charge in [-0.05, 0) is 19.9 Å². The van der Waals surface area contributed by atoms with Crippen molar-refractivity contribution in [2.45, 2.75) is 26.5 Å². The van der Waals surface area contributed by atoms with Gasteiger partial charge in [-0.2, -0.15) is 8.78 Å². The maximum absolute atomic E-state index is 12.3. The topological polar surface area (TPSA) is 30.5 Å². The molecule has 0 heterocycles. The first-order chi connectivity index (χ1) is 9.50. The molecule has 0 radical (unpaired) electrons. The monoisotopic (exact) mass is 285 g/mol. The fraction of sp³-hybridized carbons (Fsp3) is 0.467. The molecular weight excluding hydrogens is 264 g/mol. The Morgan fingerprint density at radius 3 is 2.70 bits per heavy atom. The molecule has 1 aromatic carbocycles. The predicted octanol–water partition coefficient (Wildman–Crippen LogP) is 3.53. The summed E-state index contributed by atoms with van der Waals surface area (Å²) in [5.41, 5.74) is 1.67. The van der Waals surface area contributed by atoms with E-state index in [-0.39, 0.29) is 11.8 Å². The third-order valence-corrected chi connectivity index (χ3v) is 2.65. The van der Waals surface area contributed by atoms with Crippen LogP contribution < -0.4 is 10.1 Å². The van der Waals surface area contributed by atoms with Crippen LogP contribution in [-0.4, -0.2) is 26.4 Å². The molecule has 0 aliphatic rings. The third-order valence-electron chi connectivity index (χ3n) is 2.65. The summed E-state index contributed by atoms with van der Waals surface area (Å²) in [7, 11) is 0. The molecule has 1 aromatic rings. The Balaban J connectivity index is 2.46. The molecule has 0 aliphatic carbocycles. The van der Waals surface area contributed by atoms with Gasteiger partial charge in [0.05, 0.1) is 13.2 Å². The summed E-state index contributed by atoms with van der Waals surface area (Å²) in [5.74, 6) is 0.199. The number of rotatable bonds is 9. The standard InChI is InChI=1S/C15H21F2NO2/c1-11(2)10-19-9-8-18-12(3)13-6-4-5-7-14(13)20-15(16)17/h4-7,12,15,18H,1,8-10H2,2-3H3. The van der Waals surface area contributed by atoms with Gasteiger partial charge in [0.2, 0.25) is 0 Å². The van der Waals surface area contributed by atoms with Crippen molar-refractivity contribution in [1.29, 1.82) is 0 Å². The van der Waals surface area contributed by atoms with Crippen LogP contribution in [0, 0.1) is 0 Å². The minimum atomic E-state index is -2.82. The van der Waals surface area contributed by atoms with Crippen LogP contribution in [0.2, 0.25) is 0 Å². The molecule has 0 amide bonds. The van der Waals surface area contributed by atoms with Crippen LogP contribution in [0.3, 0.4) is 0 Å². The first kappa shape index (κ1) is 16.6. The minimum Gasteiger partial charge on any atom is -0.434 e. The summed E-state index contributed by atoms with van der Waals surface area (Å²) in [6.45, 7) is 6.40. The van der Waals surface area contributed by atoms with Crippen LogP contribution in [0.5, 0.6) is 5.75 Å². The van der Waals surface area contributed by atoms with Crippen LogP contribution >= 0.6 is 0 Å². The SMILES string of the molecule is C=C(C)COCCNC(C)c1ccccc1OC(F)F. The van der Waals surface area contributed by atoms with Crippen molar-refractivity contribution in [3.63, 3.8) is 0 Å². The molecule has 0 fully saturated rings. The van der Waals surface area contributed by atoms with Crippen LogP contribution in [0.25, 0.3) is 0 Å². The highest BCUT2D eigenvalue weighted by molar-refractivity contribution is 5.35. The van der Waals surface area contributed by atoms with Crippen molar-refractivity contribution in [3.8, 4) is 5.75 Å². The summed E-state index contributed by atoms with van der Waals surface area (Å²) in [6.07, 6.45) is 0. The van der Waals surface area contributed by atoms with Crippen molar-refractivity contribution < 1.29 is 18.3 Å². The van der Waals surface area contributed by atoms with E-state index in [1.165, 1.54) is 6.07 Å². The van der Waals surface area contributed by atoms with E-state index >= 15 is 0 Å². The van der Waals surface area contributed by atoms with E-state index in [1.54, 1.807) is 18.2 Å². The largest absolute Gasteiger partial charge is 0.434 e. The summed E-state index contributed by atoms with van der Waals surface area (Å²) >= 11 is 0. The molecule has 0 bridgehead atoms. The van der Waals surface area contributed by atoms with Gasteiger partial charge in [0, 0.05) is 18.2 Å². The molecule has 0 aromatic heterocycles. The van der Waals surface area contributed by atoms with E-state index in [0.29, 0.717) is 25.3 Å². The van der Waals surface area contributed by atoms with E-state index in [0.717, 1.165) is 5.57 Å². The summed E-state index contributed by atoms with van der Waals surface area (Å²) < 4.78 is 34.5. The van der Waals surface area contributed by atoms with Gasteiger partial charge in [0.1, 0.15) is 5.75 Å². The zero-order valence-electron chi connectivity index (χ0n) is 11.9. The minimum absolute atomic E-state index is 0.0987. The Hall–Kier alpha value is -1.46. The zero-order chi connectivity index (χ0) is 15.0. The highest BCUT2D eigenvalue weighted by Crippen LogP contribution is 2.25. The fourth-order valence-corrected chi connectivity index (χ4v) is 1.75. The van der Waals surface area contributed by atoms with Crippen LogP contribution in [0.15, 0.2) is 36.4 Å². The number of hydrogen-bond donors (Lipinski definition) is 1. The van der Waals surface area contributed by atoms with E-state index in [1.807, 2.05) is 13.8 Å². The lowest BCUT2D eigenvalue weighted by Crippen LogP contribution is -2.24. The summed E-state index contributed by atoms with van der Waals surface area (Å²) in [5, 5.41) is 3.21. The molecule has 0 saturated carbocycles. The number of alkyl halides is 2. The Kier molecular flexibility index (Phi) is 7.18. The number of para-hydroxylation sites is 1. The average molecular weight is 285 g/mol. The molecule has 0 aliphatic heterocycles. The molecule has 1 unspecified atom stereocenters. The van der Waals surface area contributed by atoms with Gasteiger partial charge < -0.3 is 14.8 Å². The smallest absolute Gasteiger partial charge is 0.387 e. The van der Waals surface area contributed by atoms with Gasteiger partial charge in [-0.15, -0.1) is 0 Å². The first-order valence-corrected chi connectivity index (χ1v) is 6.50. The van der Waals surface area contributed by atoms with Crippen LogP contribution in [-0.2, 0) is 4.74 Å². The molecule has 0 spiro atoms. The van der Waals surface area contributed by atoms with Crippen molar-refractivity contribution in [2.75, 3.05) is 19.8 Å². The second-order valence-electron chi connectivity index (χ2n) is 4.60. The Labute approximate surface area is 118 Å². The van der Waals surface area contributed by atoms with Crippen LogP contribution in [0.4, 0.5) is 8.78 Å². The first-order valence-electron chi connectivity index (χ1n) is 6.50.